The van der Waals surface area contributed by atoms with Crippen LogP contribution in [0.4, 0.5) is 5.00 Å². The molecular weight excluding hydrogens is 334 g/mol. The number of carbonyl (C=O) groups is 2. The largest absolute Gasteiger partial charge is 0.462 e. The summed E-state index contributed by atoms with van der Waals surface area (Å²) in [6.07, 6.45) is 2.25. The van der Waals surface area contributed by atoms with Crippen molar-refractivity contribution in [3.8, 4) is 0 Å². The molecule has 0 saturated heterocycles. The van der Waals surface area contributed by atoms with Crippen LogP contribution in [0.3, 0.4) is 0 Å². The first-order valence-corrected chi connectivity index (χ1v) is 9.54. The standard InChI is InChI=1S/C20H25NO3S/c1-4-6-12-18(22)21-19-16(20(23)24-5-2)13-17(25-19)14(3)15-10-8-7-9-11-15/h7-11,13-14H,4-6,12H2,1-3H3,(H,21,22). The molecule has 0 aliphatic rings. The normalized spacial score (nSPS) is 11.8. The molecule has 134 valence electrons. The van der Waals surface area contributed by atoms with Gasteiger partial charge in [0.15, 0.2) is 0 Å². The quantitative estimate of drug-likeness (QED) is 0.659. The highest BCUT2D eigenvalue weighted by atomic mass is 32.1. The number of nitrogens with one attached hydrogen (secondary N) is 1. The fourth-order valence-corrected chi connectivity index (χ4v) is 3.65. The van der Waals surface area contributed by atoms with Crippen LogP contribution < -0.4 is 5.32 Å². The SMILES string of the molecule is CCCCC(=O)Nc1sc(C(C)c2ccccc2)cc1C(=O)OCC. The van der Waals surface area contributed by atoms with Crippen LogP contribution in [0, 0.1) is 0 Å². The topological polar surface area (TPSA) is 55.4 Å². The van der Waals surface area contributed by atoms with E-state index in [9.17, 15) is 9.59 Å². The van der Waals surface area contributed by atoms with Crippen LogP contribution in [0.25, 0.3) is 0 Å². The molecule has 1 heterocycles. The highest BCUT2D eigenvalue weighted by molar-refractivity contribution is 7.16. The first-order valence-electron chi connectivity index (χ1n) is 8.72. The third-order valence-corrected chi connectivity index (χ3v) is 5.22. The molecule has 1 aromatic heterocycles. The third kappa shape index (κ3) is 5.16. The maximum atomic E-state index is 12.3. The molecule has 5 heteroatoms. The molecule has 0 fully saturated rings. The van der Waals surface area contributed by atoms with Gasteiger partial charge in [0.05, 0.1) is 12.2 Å². The molecule has 0 aliphatic carbocycles. The Morgan fingerprint density at radius 2 is 1.92 bits per heavy atom. The number of rotatable bonds is 8. The van der Waals surface area contributed by atoms with E-state index in [0.29, 0.717) is 23.6 Å². The number of hydrogen-bond acceptors (Lipinski definition) is 4. The lowest BCUT2D eigenvalue weighted by Gasteiger charge is -2.09. The van der Waals surface area contributed by atoms with E-state index in [1.807, 2.05) is 31.2 Å². The minimum atomic E-state index is -0.393. The van der Waals surface area contributed by atoms with Crippen LogP contribution in [0.2, 0.25) is 0 Å². The number of anilines is 1. The van der Waals surface area contributed by atoms with E-state index in [4.69, 9.17) is 4.74 Å². The molecule has 1 unspecified atom stereocenters. The Kier molecular flexibility index (Phi) is 7.19. The Bertz CT molecular complexity index is 709. The molecule has 1 aromatic carbocycles. The summed E-state index contributed by atoms with van der Waals surface area (Å²) in [5, 5.41) is 3.47. The van der Waals surface area contributed by atoms with E-state index in [1.54, 1.807) is 6.92 Å². The van der Waals surface area contributed by atoms with Crippen LogP contribution >= 0.6 is 11.3 Å². The first-order chi connectivity index (χ1) is 12.1. The molecule has 0 spiro atoms. The average Bonchev–Trinajstić information content (AvgIpc) is 3.04. The summed E-state index contributed by atoms with van der Waals surface area (Å²) in [6.45, 7) is 6.22. The van der Waals surface area contributed by atoms with Gasteiger partial charge in [-0.3, -0.25) is 4.79 Å². The van der Waals surface area contributed by atoms with Crippen molar-refractivity contribution in [1.82, 2.24) is 0 Å². The van der Waals surface area contributed by atoms with Crippen molar-refractivity contribution in [1.29, 1.82) is 0 Å². The number of ether oxygens (including phenoxy) is 1. The van der Waals surface area contributed by atoms with Gasteiger partial charge in [0.25, 0.3) is 0 Å². The van der Waals surface area contributed by atoms with Crippen LogP contribution in [-0.4, -0.2) is 18.5 Å². The Morgan fingerprint density at radius 3 is 2.56 bits per heavy atom. The lowest BCUT2D eigenvalue weighted by atomic mass is 9.99. The third-order valence-electron chi connectivity index (χ3n) is 3.98. The number of esters is 1. The van der Waals surface area contributed by atoms with Crippen LogP contribution in [0.5, 0.6) is 0 Å². The Hall–Kier alpha value is -2.14. The molecule has 2 rings (SSSR count). The van der Waals surface area contributed by atoms with Crippen molar-refractivity contribution in [3.63, 3.8) is 0 Å². The number of thiophene rings is 1. The molecule has 25 heavy (non-hydrogen) atoms. The highest BCUT2D eigenvalue weighted by Gasteiger charge is 2.21. The zero-order valence-electron chi connectivity index (χ0n) is 15.0. The van der Waals surface area contributed by atoms with E-state index in [-0.39, 0.29) is 11.8 Å². The predicted octanol–water partition coefficient (Wildman–Crippen LogP) is 5.21. The van der Waals surface area contributed by atoms with Crippen LogP contribution in [0.1, 0.15) is 66.8 Å². The van der Waals surface area contributed by atoms with Crippen molar-refractivity contribution in [2.24, 2.45) is 0 Å². The van der Waals surface area contributed by atoms with E-state index in [2.05, 4.69) is 24.4 Å². The van der Waals surface area contributed by atoms with Crippen molar-refractivity contribution in [2.45, 2.75) is 46.0 Å². The van der Waals surface area contributed by atoms with Gasteiger partial charge in [-0.05, 0) is 25.0 Å². The first kappa shape index (κ1) is 19.2. The minimum Gasteiger partial charge on any atom is -0.462 e. The second-order valence-corrected chi connectivity index (χ2v) is 6.98. The Balaban J connectivity index is 2.28. The van der Waals surface area contributed by atoms with Gasteiger partial charge in [-0.15, -0.1) is 11.3 Å². The lowest BCUT2D eigenvalue weighted by molar-refractivity contribution is -0.116. The molecule has 4 nitrogen and oxygen atoms in total. The number of amides is 1. The summed E-state index contributed by atoms with van der Waals surface area (Å²) >= 11 is 1.45. The zero-order chi connectivity index (χ0) is 18.2. The van der Waals surface area contributed by atoms with Gasteiger partial charge in [0, 0.05) is 17.2 Å². The van der Waals surface area contributed by atoms with Gasteiger partial charge in [0.1, 0.15) is 5.00 Å². The molecule has 1 amide bonds. The summed E-state index contributed by atoms with van der Waals surface area (Å²) in [4.78, 5) is 25.4. The average molecular weight is 359 g/mol. The predicted molar refractivity (Wildman–Crippen MR) is 102 cm³/mol. The van der Waals surface area contributed by atoms with Gasteiger partial charge in [-0.1, -0.05) is 50.6 Å². The van der Waals surface area contributed by atoms with E-state index in [0.717, 1.165) is 17.7 Å². The fraction of sp³-hybridized carbons (Fsp3) is 0.400. The second kappa shape index (κ2) is 9.37. The second-order valence-electron chi connectivity index (χ2n) is 5.90. The number of unbranched alkanes of at least 4 members (excludes halogenated alkanes) is 1. The van der Waals surface area contributed by atoms with Crippen molar-refractivity contribution >= 4 is 28.2 Å². The van der Waals surface area contributed by atoms with Gasteiger partial charge in [0.2, 0.25) is 5.91 Å². The van der Waals surface area contributed by atoms with E-state index < -0.39 is 5.97 Å². The maximum Gasteiger partial charge on any atom is 0.341 e. The summed E-state index contributed by atoms with van der Waals surface area (Å²) in [7, 11) is 0. The zero-order valence-corrected chi connectivity index (χ0v) is 15.8. The maximum absolute atomic E-state index is 12.3. The van der Waals surface area contributed by atoms with Crippen LogP contribution in [0.15, 0.2) is 36.4 Å². The van der Waals surface area contributed by atoms with Gasteiger partial charge in [-0.2, -0.15) is 0 Å². The van der Waals surface area contributed by atoms with Gasteiger partial charge >= 0.3 is 5.97 Å². The smallest absolute Gasteiger partial charge is 0.341 e. The Morgan fingerprint density at radius 1 is 1.20 bits per heavy atom. The fourth-order valence-electron chi connectivity index (χ4n) is 2.51. The van der Waals surface area contributed by atoms with Gasteiger partial charge < -0.3 is 10.1 Å². The van der Waals surface area contributed by atoms with Gasteiger partial charge in [-0.25, -0.2) is 4.79 Å². The molecule has 0 bridgehead atoms. The molecule has 0 aliphatic heterocycles. The molecular formula is C20H25NO3S. The Labute approximate surface area is 153 Å². The monoisotopic (exact) mass is 359 g/mol. The van der Waals surface area contributed by atoms with Crippen molar-refractivity contribution in [2.75, 3.05) is 11.9 Å². The molecule has 0 radical (unpaired) electrons. The molecule has 1 atom stereocenters. The summed E-state index contributed by atoms with van der Waals surface area (Å²) in [6, 6.07) is 11.9. The van der Waals surface area contributed by atoms with Crippen molar-refractivity contribution in [3.05, 3.63) is 52.4 Å². The summed E-state index contributed by atoms with van der Waals surface area (Å²) in [5.74, 6) is -0.315. The number of carbonyl (C=O) groups excluding carboxylic acids is 2. The number of benzene rings is 1. The van der Waals surface area contributed by atoms with Crippen molar-refractivity contribution < 1.29 is 14.3 Å². The van der Waals surface area contributed by atoms with Crippen LogP contribution in [-0.2, 0) is 9.53 Å². The van der Waals surface area contributed by atoms with E-state index in [1.165, 1.54) is 16.9 Å². The highest BCUT2D eigenvalue weighted by Crippen LogP contribution is 2.36. The number of hydrogen-bond donors (Lipinski definition) is 1. The molecule has 1 N–H and O–H groups in total. The molecule has 0 saturated carbocycles. The molecule has 2 aromatic rings. The lowest BCUT2D eigenvalue weighted by Crippen LogP contribution is -2.13. The van der Waals surface area contributed by atoms with E-state index >= 15 is 0 Å². The summed E-state index contributed by atoms with van der Waals surface area (Å²) in [5.41, 5.74) is 1.61. The minimum absolute atomic E-state index is 0.0619. The summed E-state index contributed by atoms with van der Waals surface area (Å²) < 4.78 is 5.15.